The molecule has 2 nitrogen and oxygen atoms in total. The van der Waals surface area contributed by atoms with Gasteiger partial charge in [0.15, 0.2) is 0 Å². The van der Waals surface area contributed by atoms with Gasteiger partial charge in [-0.1, -0.05) is 49.4 Å². The predicted octanol–water partition coefficient (Wildman–Crippen LogP) is 4.01. The fraction of sp³-hybridized carbons (Fsp3) is 0.250. The van der Waals surface area contributed by atoms with Crippen LogP contribution in [-0.2, 0) is 0 Å². The predicted molar refractivity (Wildman–Crippen MR) is 74.0 cm³/mol. The van der Waals surface area contributed by atoms with Gasteiger partial charge in [-0.25, -0.2) is 0 Å². The lowest BCUT2D eigenvalue weighted by atomic mass is 9.98. The van der Waals surface area contributed by atoms with Crippen LogP contribution in [0.3, 0.4) is 0 Å². The molecule has 0 saturated heterocycles. The molecule has 0 aromatic heterocycles. The standard InChI is InChI=1S/C16H17NO/c1-2-13-16(12-8-4-3-5-9-12)18-15-11-7-6-10-14(15)17-13/h3-11,13,16-17H,2H2,1H3. The van der Waals surface area contributed by atoms with Crippen molar-refractivity contribution in [3.8, 4) is 5.75 Å². The van der Waals surface area contributed by atoms with E-state index in [4.69, 9.17) is 4.74 Å². The smallest absolute Gasteiger partial charge is 0.144 e. The van der Waals surface area contributed by atoms with Crippen LogP contribution in [0.5, 0.6) is 5.75 Å². The Morgan fingerprint density at radius 2 is 1.72 bits per heavy atom. The number of anilines is 1. The number of rotatable bonds is 2. The molecule has 2 aromatic carbocycles. The van der Waals surface area contributed by atoms with Gasteiger partial charge >= 0.3 is 0 Å². The Hall–Kier alpha value is -1.96. The maximum atomic E-state index is 6.16. The largest absolute Gasteiger partial charge is 0.481 e. The molecule has 0 fully saturated rings. The number of hydrogen-bond acceptors (Lipinski definition) is 2. The zero-order chi connectivity index (χ0) is 12.4. The van der Waals surface area contributed by atoms with Gasteiger partial charge in [0.2, 0.25) is 0 Å². The number of hydrogen-bond donors (Lipinski definition) is 1. The Morgan fingerprint density at radius 3 is 2.50 bits per heavy atom. The summed E-state index contributed by atoms with van der Waals surface area (Å²) in [5.41, 5.74) is 2.32. The van der Waals surface area contributed by atoms with E-state index in [0.29, 0.717) is 6.04 Å². The summed E-state index contributed by atoms with van der Waals surface area (Å²) >= 11 is 0. The minimum atomic E-state index is 0.0890. The highest BCUT2D eigenvalue weighted by Gasteiger charge is 2.29. The molecule has 0 saturated carbocycles. The number of para-hydroxylation sites is 2. The van der Waals surface area contributed by atoms with E-state index in [1.165, 1.54) is 5.56 Å². The van der Waals surface area contributed by atoms with E-state index in [9.17, 15) is 0 Å². The van der Waals surface area contributed by atoms with Crippen LogP contribution in [-0.4, -0.2) is 6.04 Å². The third kappa shape index (κ3) is 1.94. The van der Waals surface area contributed by atoms with Crippen LogP contribution in [0.4, 0.5) is 5.69 Å². The maximum Gasteiger partial charge on any atom is 0.144 e. The Bertz CT molecular complexity index is 524. The fourth-order valence-corrected chi connectivity index (χ4v) is 2.44. The van der Waals surface area contributed by atoms with Crippen LogP contribution in [0.1, 0.15) is 25.0 Å². The van der Waals surface area contributed by atoms with Gasteiger partial charge in [0.25, 0.3) is 0 Å². The summed E-state index contributed by atoms with van der Waals surface area (Å²) in [5.74, 6) is 0.941. The van der Waals surface area contributed by atoms with Crippen molar-refractivity contribution in [3.05, 3.63) is 60.2 Å². The van der Waals surface area contributed by atoms with E-state index < -0.39 is 0 Å². The van der Waals surface area contributed by atoms with Crippen molar-refractivity contribution in [1.29, 1.82) is 0 Å². The molecule has 0 spiro atoms. The summed E-state index contributed by atoms with van der Waals surface area (Å²) in [7, 11) is 0. The van der Waals surface area contributed by atoms with Crippen LogP contribution in [0, 0.1) is 0 Å². The van der Waals surface area contributed by atoms with E-state index in [1.54, 1.807) is 0 Å². The first-order valence-corrected chi connectivity index (χ1v) is 6.45. The van der Waals surface area contributed by atoms with Crippen molar-refractivity contribution in [2.24, 2.45) is 0 Å². The molecule has 0 amide bonds. The zero-order valence-corrected chi connectivity index (χ0v) is 10.5. The first-order chi connectivity index (χ1) is 8.88. The normalized spacial score (nSPS) is 21.6. The molecule has 0 bridgehead atoms. The molecule has 2 unspecified atom stereocenters. The topological polar surface area (TPSA) is 21.3 Å². The van der Waals surface area contributed by atoms with Gasteiger partial charge in [-0.3, -0.25) is 0 Å². The van der Waals surface area contributed by atoms with Crippen molar-refractivity contribution >= 4 is 5.69 Å². The maximum absolute atomic E-state index is 6.16. The van der Waals surface area contributed by atoms with Gasteiger partial charge in [0.1, 0.15) is 11.9 Å². The molecule has 2 heteroatoms. The second-order valence-corrected chi connectivity index (χ2v) is 4.60. The number of ether oxygens (including phenoxy) is 1. The molecule has 1 N–H and O–H groups in total. The average molecular weight is 239 g/mol. The molecule has 1 aliphatic rings. The molecule has 3 rings (SSSR count). The van der Waals surface area contributed by atoms with Gasteiger partial charge in [0, 0.05) is 0 Å². The zero-order valence-electron chi connectivity index (χ0n) is 10.5. The van der Waals surface area contributed by atoms with Crippen LogP contribution >= 0.6 is 0 Å². The Labute approximate surface area is 108 Å². The van der Waals surface area contributed by atoms with E-state index in [0.717, 1.165) is 17.9 Å². The summed E-state index contributed by atoms with van der Waals surface area (Å²) in [4.78, 5) is 0. The summed E-state index contributed by atoms with van der Waals surface area (Å²) < 4.78 is 6.16. The average Bonchev–Trinajstić information content (AvgIpc) is 2.46. The summed E-state index contributed by atoms with van der Waals surface area (Å²) in [6.45, 7) is 2.19. The van der Waals surface area contributed by atoms with Crippen molar-refractivity contribution in [2.75, 3.05) is 5.32 Å². The highest BCUT2D eigenvalue weighted by atomic mass is 16.5. The van der Waals surface area contributed by atoms with E-state index in [2.05, 4.69) is 42.6 Å². The lowest BCUT2D eigenvalue weighted by Gasteiger charge is -2.34. The minimum Gasteiger partial charge on any atom is -0.481 e. The summed E-state index contributed by atoms with van der Waals surface area (Å²) in [6.07, 6.45) is 1.12. The van der Waals surface area contributed by atoms with Gasteiger partial charge < -0.3 is 10.1 Å². The lowest BCUT2D eigenvalue weighted by molar-refractivity contribution is 0.168. The Kier molecular flexibility index (Phi) is 2.93. The van der Waals surface area contributed by atoms with Gasteiger partial charge in [-0.15, -0.1) is 0 Å². The minimum absolute atomic E-state index is 0.0890. The molecular weight excluding hydrogens is 222 g/mol. The number of benzene rings is 2. The Morgan fingerprint density at radius 1 is 1.00 bits per heavy atom. The molecule has 2 atom stereocenters. The van der Waals surface area contributed by atoms with E-state index in [1.807, 2.05) is 24.3 Å². The van der Waals surface area contributed by atoms with Gasteiger partial charge in [0.05, 0.1) is 11.7 Å². The molecule has 1 aliphatic heterocycles. The Balaban J connectivity index is 1.96. The monoisotopic (exact) mass is 239 g/mol. The number of fused-ring (bicyclic) bond motifs is 1. The van der Waals surface area contributed by atoms with E-state index in [-0.39, 0.29) is 6.10 Å². The van der Waals surface area contributed by atoms with Crippen LogP contribution in [0.25, 0.3) is 0 Å². The third-order valence-electron chi connectivity index (χ3n) is 3.42. The molecule has 1 heterocycles. The SMILES string of the molecule is CCC1Nc2ccccc2OC1c1ccccc1. The van der Waals surface area contributed by atoms with E-state index >= 15 is 0 Å². The molecule has 2 aromatic rings. The van der Waals surface area contributed by atoms with Crippen molar-refractivity contribution in [2.45, 2.75) is 25.5 Å². The first kappa shape index (κ1) is 11.1. The molecule has 92 valence electrons. The molecular formula is C16H17NO. The van der Waals surface area contributed by atoms with Crippen LogP contribution < -0.4 is 10.1 Å². The lowest BCUT2D eigenvalue weighted by Crippen LogP contribution is -2.34. The van der Waals surface area contributed by atoms with Gasteiger partial charge in [-0.2, -0.15) is 0 Å². The highest BCUT2D eigenvalue weighted by Crippen LogP contribution is 2.37. The van der Waals surface area contributed by atoms with Gasteiger partial charge in [-0.05, 0) is 24.1 Å². The second kappa shape index (κ2) is 4.73. The van der Waals surface area contributed by atoms with Crippen molar-refractivity contribution < 1.29 is 4.74 Å². The fourth-order valence-electron chi connectivity index (χ4n) is 2.44. The molecule has 0 radical (unpaired) electrons. The number of nitrogens with one attached hydrogen (secondary N) is 1. The third-order valence-corrected chi connectivity index (χ3v) is 3.42. The quantitative estimate of drug-likeness (QED) is 0.855. The van der Waals surface area contributed by atoms with Crippen LogP contribution in [0.15, 0.2) is 54.6 Å². The van der Waals surface area contributed by atoms with Crippen LogP contribution in [0.2, 0.25) is 0 Å². The highest BCUT2D eigenvalue weighted by molar-refractivity contribution is 5.59. The molecule has 0 aliphatic carbocycles. The molecule has 18 heavy (non-hydrogen) atoms. The summed E-state index contributed by atoms with van der Waals surface area (Å²) in [5, 5.41) is 3.57. The second-order valence-electron chi connectivity index (χ2n) is 4.60. The summed E-state index contributed by atoms with van der Waals surface area (Å²) in [6, 6.07) is 18.9. The van der Waals surface area contributed by atoms with Crippen molar-refractivity contribution in [3.63, 3.8) is 0 Å². The first-order valence-electron chi connectivity index (χ1n) is 6.45. The van der Waals surface area contributed by atoms with Crippen molar-refractivity contribution in [1.82, 2.24) is 0 Å².